The second-order valence-corrected chi connectivity index (χ2v) is 19.2. The lowest BCUT2D eigenvalue weighted by atomic mass is 10.1. The molecule has 0 aliphatic carbocycles. The van der Waals surface area contributed by atoms with Gasteiger partial charge in [-0.15, -0.1) is 0 Å². The highest BCUT2D eigenvalue weighted by Crippen LogP contribution is 2.15. The van der Waals surface area contributed by atoms with E-state index in [1.165, 1.54) is 148 Å². The number of carbonyl (C=O) groups is 2. The monoisotopic (exact) mass is 947 g/mol. The first-order valence-corrected chi connectivity index (χ1v) is 29.1. The third-order valence-electron chi connectivity index (χ3n) is 12.4. The van der Waals surface area contributed by atoms with Crippen LogP contribution in [0.15, 0.2) is 85.1 Å². The molecule has 0 radical (unpaired) electrons. The van der Waals surface area contributed by atoms with Crippen molar-refractivity contribution in [3.63, 3.8) is 0 Å². The number of unbranched alkanes of at least 4 members (excludes halogenated alkanes) is 28. The summed E-state index contributed by atoms with van der Waals surface area (Å²) in [6, 6.07) is 0. The molecule has 0 rings (SSSR count). The third-order valence-corrected chi connectivity index (χ3v) is 12.4. The van der Waals surface area contributed by atoms with Gasteiger partial charge in [0.1, 0.15) is 6.61 Å². The average molecular weight is 948 g/mol. The minimum absolute atomic E-state index is 0.0660. The highest BCUT2D eigenvalue weighted by Gasteiger charge is 2.17. The van der Waals surface area contributed by atoms with Crippen LogP contribution < -0.4 is 0 Å². The number of hydrogen-bond donors (Lipinski definition) is 0. The minimum atomic E-state index is -0.559. The van der Waals surface area contributed by atoms with Crippen LogP contribution in [0.2, 0.25) is 0 Å². The van der Waals surface area contributed by atoms with Crippen molar-refractivity contribution in [2.75, 3.05) is 19.8 Å². The number of esters is 2. The molecule has 0 saturated heterocycles. The van der Waals surface area contributed by atoms with E-state index >= 15 is 0 Å². The van der Waals surface area contributed by atoms with Gasteiger partial charge in [0.2, 0.25) is 0 Å². The van der Waals surface area contributed by atoms with Crippen LogP contribution in [0.5, 0.6) is 0 Å². The molecule has 0 heterocycles. The predicted molar refractivity (Wildman–Crippen MR) is 297 cm³/mol. The molecule has 0 bridgehead atoms. The molecule has 5 heteroatoms. The molecule has 0 aromatic heterocycles. The van der Waals surface area contributed by atoms with Crippen LogP contribution in [0.1, 0.15) is 278 Å². The molecule has 1 atom stereocenters. The Labute approximate surface area is 422 Å². The normalized spacial score (nSPS) is 12.8. The Morgan fingerprint density at radius 3 is 1.10 bits per heavy atom. The Bertz CT molecular complexity index is 1250. The third kappa shape index (κ3) is 55.7. The molecule has 0 amide bonds. The van der Waals surface area contributed by atoms with Crippen molar-refractivity contribution >= 4 is 11.9 Å². The van der Waals surface area contributed by atoms with Gasteiger partial charge in [0, 0.05) is 19.4 Å². The maximum absolute atomic E-state index is 12.9. The Morgan fingerprint density at radius 2 is 0.662 bits per heavy atom. The van der Waals surface area contributed by atoms with Gasteiger partial charge in [-0.2, -0.15) is 0 Å². The molecule has 0 N–H and O–H groups in total. The summed E-state index contributed by atoms with van der Waals surface area (Å²) in [7, 11) is 0. The number of carbonyl (C=O) groups excluding carboxylic acids is 2. The van der Waals surface area contributed by atoms with Crippen LogP contribution in [0.25, 0.3) is 0 Å². The first-order chi connectivity index (χ1) is 33.6. The number of allylic oxidation sites excluding steroid dienone is 14. The van der Waals surface area contributed by atoms with Crippen molar-refractivity contribution in [3.8, 4) is 0 Å². The first kappa shape index (κ1) is 65.1. The molecule has 0 saturated carbocycles. The summed E-state index contributed by atoms with van der Waals surface area (Å²) in [4.78, 5) is 25.5. The van der Waals surface area contributed by atoms with E-state index in [-0.39, 0.29) is 25.2 Å². The second kappa shape index (κ2) is 58.4. The number of hydrogen-bond acceptors (Lipinski definition) is 5. The van der Waals surface area contributed by atoms with Gasteiger partial charge in [-0.1, -0.05) is 234 Å². The van der Waals surface area contributed by atoms with E-state index in [0.717, 1.165) is 96.3 Å². The first-order valence-electron chi connectivity index (χ1n) is 29.1. The van der Waals surface area contributed by atoms with Gasteiger partial charge >= 0.3 is 11.9 Å². The smallest absolute Gasteiger partial charge is 0.306 e. The van der Waals surface area contributed by atoms with Gasteiger partial charge in [0.15, 0.2) is 6.10 Å². The molecule has 0 aliphatic heterocycles. The minimum Gasteiger partial charge on any atom is -0.462 e. The highest BCUT2D eigenvalue weighted by atomic mass is 16.6. The fourth-order valence-electron chi connectivity index (χ4n) is 8.06. The van der Waals surface area contributed by atoms with Crippen molar-refractivity contribution in [1.29, 1.82) is 0 Å². The molecular formula is C63H110O5. The molecule has 0 aromatic rings. The van der Waals surface area contributed by atoms with E-state index in [1.807, 2.05) is 0 Å². The molecule has 0 aromatic carbocycles. The van der Waals surface area contributed by atoms with Gasteiger partial charge in [-0.05, 0) is 116 Å². The maximum atomic E-state index is 12.9. The van der Waals surface area contributed by atoms with Gasteiger partial charge in [0.05, 0.1) is 6.61 Å². The van der Waals surface area contributed by atoms with Gasteiger partial charge in [-0.3, -0.25) is 9.59 Å². The van der Waals surface area contributed by atoms with E-state index in [1.54, 1.807) is 0 Å². The van der Waals surface area contributed by atoms with Crippen molar-refractivity contribution < 1.29 is 23.8 Å². The van der Waals surface area contributed by atoms with Crippen molar-refractivity contribution in [3.05, 3.63) is 85.1 Å². The second-order valence-electron chi connectivity index (χ2n) is 19.2. The van der Waals surface area contributed by atoms with E-state index in [2.05, 4.69) is 106 Å². The van der Waals surface area contributed by atoms with Crippen molar-refractivity contribution in [1.82, 2.24) is 0 Å². The Kier molecular flexibility index (Phi) is 55.9. The van der Waals surface area contributed by atoms with E-state index in [0.29, 0.717) is 19.4 Å². The molecule has 68 heavy (non-hydrogen) atoms. The van der Waals surface area contributed by atoms with Crippen molar-refractivity contribution in [2.45, 2.75) is 284 Å². The summed E-state index contributed by atoms with van der Waals surface area (Å²) >= 11 is 0. The summed E-state index contributed by atoms with van der Waals surface area (Å²) < 4.78 is 17.4. The SMILES string of the molecule is CC/C=C\C/C=C\C/C=C\CCCCCCOCC(COC(=O)CCCCCCCC/C=C\C/C=C\C/C=C\CCCCC)OC(=O)CCCCCCCCCCC/C=C\CCCCCCCC. The van der Waals surface area contributed by atoms with Crippen molar-refractivity contribution in [2.24, 2.45) is 0 Å². The van der Waals surface area contributed by atoms with Crippen LogP contribution in [0.3, 0.4) is 0 Å². The highest BCUT2D eigenvalue weighted by molar-refractivity contribution is 5.70. The fraction of sp³-hybridized carbons (Fsp3) is 0.746. The zero-order valence-electron chi connectivity index (χ0n) is 45.1. The van der Waals surface area contributed by atoms with Gasteiger partial charge < -0.3 is 14.2 Å². The number of ether oxygens (including phenoxy) is 3. The fourth-order valence-corrected chi connectivity index (χ4v) is 8.06. The average Bonchev–Trinajstić information content (AvgIpc) is 3.34. The zero-order valence-corrected chi connectivity index (χ0v) is 45.1. The van der Waals surface area contributed by atoms with E-state index in [4.69, 9.17) is 14.2 Å². The topological polar surface area (TPSA) is 61.8 Å². The van der Waals surface area contributed by atoms with E-state index in [9.17, 15) is 9.59 Å². The maximum Gasteiger partial charge on any atom is 0.306 e. The quantitative estimate of drug-likeness (QED) is 0.0345. The Morgan fingerprint density at radius 1 is 0.338 bits per heavy atom. The lowest BCUT2D eigenvalue weighted by Gasteiger charge is -2.18. The lowest BCUT2D eigenvalue weighted by molar-refractivity contribution is -0.163. The predicted octanol–water partition coefficient (Wildman–Crippen LogP) is 20.0. The van der Waals surface area contributed by atoms with Crippen LogP contribution in [0.4, 0.5) is 0 Å². The summed E-state index contributed by atoms with van der Waals surface area (Å²) in [6.45, 7) is 7.64. The molecular weight excluding hydrogens is 837 g/mol. The summed E-state index contributed by atoms with van der Waals surface area (Å²) in [5, 5.41) is 0. The van der Waals surface area contributed by atoms with Crippen LogP contribution in [0, 0.1) is 0 Å². The van der Waals surface area contributed by atoms with Crippen LogP contribution >= 0.6 is 0 Å². The Balaban J connectivity index is 4.31. The summed E-state index contributed by atoms with van der Waals surface area (Å²) in [5.41, 5.74) is 0. The molecule has 0 fully saturated rings. The van der Waals surface area contributed by atoms with E-state index < -0.39 is 6.10 Å². The largest absolute Gasteiger partial charge is 0.462 e. The molecule has 0 spiro atoms. The van der Waals surface area contributed by atoms with Crippen LogP contribution in [-0.4, -0.2) is 37.9 Å². The number of rotatable bonds is 53. The van der Waals surface area contributed by atoms with Gasteiger partial charge in [-0.25, -0.2) is 0 Å². The molecule has 0 aliphatic rings. The molecule has 1 unspecified atom stereocenters. The lowest BCUT2D eigenvalue weighted by Crippen LogP contribution is -2.30. The summed E-state index contributed by atoms with van der Waals surface area (Å²) in [6.07, 6.45) is 77.5. The molecule has 5 nitrogen and oxygen atoms in total. The standard InChI is InChI=1S/C63H110O5/c1-4-7-10-13-16-19-22-25-28-30-32-34-36-38-41-44-47-50-53-56-62(64)67-60-61(59-66-58-55-52-49-46-43-40-27-24-21-18-15-12-9-6-3)68-63(65)57-54-51-48-45-42-39-37-35-33-31-29-26-23-20-17-14-11-8-5-2/h9,12,16,18-19,21,25-29,32,34,40,61H,4-8,10-11,13-15,17,20,22-24,30-31,33,35-39,41-60H2,1-3H3/b12-9-,19-16-,21-18-,28-25-,29-26-,34-32-,40-27-. The van der Waals surface area contributed by atoms with Crippen LogP contribution in [-0.2, 0) is 23.8 Å². The van der Waals surface area contributed by atoms with Gasteiger partial charge in [0.25, 0.3) is 0 Å². The summed E-state index contributed by atoms with van der Waals surface area (Å²) in [5.74, 6) is -0.422. The Hall–Kier alpha value is -2.92. The molecule has 392 valence electrons. The zero-order chi connectivity index (χ0) is 49.2.